The minimum absolute atomic E-state index is 0.121. The normalized spacial score (nSPS) is 16.6. The molecule has 23 heavy (non-hydrogen) atoms. The Bertz CT molecular complexity index is 752. The maximum atomic E-state index is 12.2. The van der Waals surface area contributed by atoms with E-state index in [0.717, 1.165) is 10.0 Å². The molecule has 0 amide bonds. The molecule has 0 spiro atoms. The fraction of sp³-hybridized carbons (Fsp3) is 0.333. The zero-order valence-electron chi connectivity index (χ0n) is 12.4. The Morgan fingerprint density at radius 3 is 2.48 bits per heavy atom. The van der Waals surface area contributed by atoms with Gasteiger partial charge in [0.25, 0.3) is 10.2 Å². The number of benzene rings is 1. The van der Waals surface area contributed by atoms with Crippen molar-refractivity contribution in [3.05, 3.63) is 46.6 Å². The van der Waals surface area contributed by atoms with E-state index in [1.165, 1.54) is 4.31 Å². The van der Waals surface area contributed by atoms with Gasteiger partial charge in [-0.2, -0.15) is 17.4 Å². The minimum Gasteiger partial charge on any atom is -0.460 e. The predicted octanol–water partition coefficient (Wildman–Crippen LogP) is 2.38. The molecule has 8 heteroatoms. The highest BCUT2D eigenvalue weighted by Crippen LogP contribution is 2.24. The smallest absolute Gasteiger partial charge is 0.280 e. The van der Waals surface area contributed by atoms with E-state index in [1.54, 1.807) is 6.07 Å². The zero-order valence-corrected chi connectivity index (χ0v) is 14.8. The van der Waals surface area contributed by atoms with Gasteiger partial charge in [-0.25, -0.2) is 0 Å². The second-order valence-electron chi connectivity index (χ2n) is 5.11. The Labute approximate surface area is 143 Å². The average Bonchev–Trinajstić information content (AvgIpc) is 3.04. The van der Waals surface area contributed by atoms with Crippen molar-refractivity contribution in [1.82, 2.24) is 9.03 Å². The van der Waals surface area contributed by atoms with Crippen LogP contribution in [0.25, 0.3) is 11.3 Å². The molecule has 2 aromatic rings. The van der Waals surface area contributed by atoms with Crippen LogP contribution in [-0.4, -0.2) is 39.0 Å². The number of furan rings is 1. The fourth-order valence-electron chi connectivity index (χ4n) is 2.28. The van der Waals surface area contributed by atoms with Crippen LogP contribution >= 0.6 is 15.9 Å². The van der Waals surface area contributed by atoms with E-state index in [1.807, 2.05) is 30.3 Å². The first-order valence-electron chi connectivity index (χ1n) is 7.22. The number of nitrogens with zero attached hydrogens (tertiary/aromatic N) is 1. The SMILES string of the molecule is O=S(=O)(NCc1ccc(-c2ccc(Br)cc2)o1)N1CCOCC1. The molecule has 2 heterocycles. The molecule has 1 saturated heterocycles. The molecule has 1 aromatic carbocycles. The first-order valence-corrected chi connectivity index (χ1v) is 9.45. The topological polar surface area (TPSA) is 71.8 Å². The molecule has 0 bridgehead atoms. The third-order valence-corrected chi connectivity index (χ3v) is 5.61. The van der Waals surface area contributed by atoms with Crippen LogP contribution in [0.1, 0.15) is 5.76 Å². The Morgan fingerprint density at radius 1 is 1.09 bits per heavy atom. The molecule has 124 valence electrons. The van der Waals surface area contributed by atoms with Crippen molar-refractivity contribution in [2.45, 2.75) is 6.54 Å². The molecule has 0 saturated carbocycles. The van der Waals surface area contributed by atoms with E-state index in [9.17, 15) is 8.42 Å². The molecule has 0 aliphatic carbocycles. The highest BCUT2D eigenvalue weighted by Gasteiger charge is 2.24. The van der Waals surface area contributed by atoms with Gasteiger partial charge in [0.1, 0.15) is 11.5 Å². The molecular weight excluding hydrogens is 384 g/mol. The van der Waals surface area contributed by atoms with Crippen molar-refractivity contribution in [2.75, 3.05) is 26.3 Å². The Morgan fingerprint density at radius 2 is 1.78 bits per heavy atom. The van der Waals surface area contributed by atoms with E-state index in [4.69, 9.17) is 9.15 Å². The van der Waals surface area contributed by atoms with Gasteiger partial charge >= 0.3 is 0 Å². The first kappa shape index (κ1) is 16.7. The summed E-state index contributed by atoms with van der Waals surface area (Å²) in [7, 11) is -3.51. The van der Waals surface area contributed by atoms with Crippen LogP contribution in [-0.2, 0) is 21.5 Å². The molecule has 1 aliphatic heterocycles. The predicted molar refractivity (Wildman–Crippen MR) is 90.0 cm³/mol. The van der Waals surface area contributed by atoms with Gasteiger partial charge in [-0.3, -0.25) is 0 Å². The third kappa shape index (κ3) is 4.21. The molecule has 1 aromatic heterocycles. The highest BCUT2D eigenvalue weighted by molar-refractivity contribution is 9.10. The fourth-order valence-corrected chi connectivity index (χ4v) is 3.68. The lowest BCUT2D eigenvalue weighted by Crippen LogP contribution is -2.46. The van der Waals surface area contributed by atoms with Gasteiger partial charge < -0.3 is 9.15 Å². The number of rotatable bonds is 5. The molecule has 1 N–H and O–H groups in total. The summed E-state index contributed by atoms with van der Waals surface area (Å²) < 4.78 is 40.2. The van der Waals surface area contributed by atoms with E-state index < -0.39 is 10.2 Å². The van der Waals surface area contributed by atoms with Gasteiger partial charge in [-0.1, -0.05) is 28.1 Å². The van der Waals surface area contributed by atoms with Gasteiger partial charge in [-0.05, 0) is 24.3 Å². The van der Waals surface area contributed by atoms with Crippen molar-refractivity contribution in [3.63, 3.8) is 0 Å². The Hall–Kier alpha value is -1.19. The van der Waals surface area contributed by atoms with Crippen molar-refractivity contribution in [1.29, 1.82) is 0 Å². The number of hydrogen-bond acceptors (Lipinski definition) is 4. The van der Waals surface area contributed by atoms with Gasteiger partial charge in [0.2, 0.25) is 0 Å². The van der Waals surface area contributed by atoms with E-state index in [2.05, 4.69) is 20.7 Å². The van der Waals surface area contributed by atoms with Crippen molar-refractivity contribution >= 4 is 26.1 Å². The summed E-state index contributed by atoms with van der Waals surface area (Å²) >= 11 is 3.39. The molecule has 0 unspecified atom stereocenters. The van der Waals surface area contributed by atoms with Crippen molar-refractivity contribution in [2.24, 2.45) is 0 Å². The largest absolute Gasteiger partial charge is 0.460 e. The second kappa shape index (κ2) is 7.14. The summed E-state index contributed by atoms with van der Waals surface area (Å²) in [6.07, 6.45) is 0. The number of halogens is 1. The molecule has 0 radical (unpaired) electrons. The van der Waals surface area contributed by atoms with Gasteiger partial charge in [0, 0.05) is 23.1 Å². The molecule has 6 nitrogen and oxygen atoms in total. The second-order valence-corrected chi connectivity index (χ2v) is 7.78. The maximum absolute atomic E-state index is 12.2. The average molecular weight is 401 g/mol. The molecule has 1 fully saturated rings. The van der Waals surface area contributed by atoms with Gasteiger partial charge in [0.05, 0.1) is 19.8 Å². The van der Waals surface area contributed by atoms with E-state index in [0.29, 0.717) is 37.8 Å². The van der Waals surface area contributed by atoms with Crippen LogP contribution in [0.15, 0.2) is 45.3 Å². The molecule has 1 aliphatic rings. The van der Waals surface area contributed by atoms with Crippen LogP contribution in [0, 0.1) is 0 Å². The van der Waals surface area contributed by atoms with Crippen LogP contribution in [0.3, 0.4) is 0 Å². The quantitative estimate of drug-likeness (QED) is 0.835. The van der Waals surface area contributed by atoms with Crippen molar-refractivity contribution in [3.8, 4) is 11.3 Å². The highest BCUT2D eigenvalue weighted by atomic mass is 79.9. The number of ether oxygens (including phenoxy) is 1. The molecule has 0 atom stereocenters. The lowest BCUT2D eigenvalue weighted by molar-refractivity contribution is 0.0724. The first-order chi connectivity index (χ1) is 11.0. The summed E-state index contributed by atoms with van der Waals surface area (Å²) in [5, 5.41) is 0. The number of hydrogen-bond donors (Lipinski definition) is 1. The third-order valence-electron chi connectivity index (χ3n) is 3.53. The van der Waals surface area contributed by atoms with Gasteiger partial charge in [0.15, 0.2) is 0 Å². The lowest BCUT2D eigenvalue weighted by atomic mass is 10.2. The van der Waals surface area contributed by atoms with E-state index >= 15 is 0 Å². The summed E-state index contributed by atoms with van der Waals surface area (Å²) in [4.78, 5) is 0. The lowest BCUT2D eigenvalue weighted by Gasteiger charge is -2.25. The zero-order chi connectivity index (χ0) is 16.3. The summed E-state index contributed by atoms with van der Waals surface area (Å²) in [5.74, 6) is 1.28. The van der Waals surface area contributed by atoms with E-state index in [-0.39, 0.29) is 6.54 Å². The number of morpholine rings is 1. The monoisotopic (exact) mass is 400 g/mol. The van der Waals surface area contributed by atoms with Crippen LogP contribution < -0.4 is 4.72 Å². The Kier molecular flexibility index (Phi) is 5.17. The maximum Gasteiger partial charge on any atom is 0.280 e. The van der Waals surface area contributed by atoms with Crippen LogP contribution in [0.2, 0.25) is 0 Å². The molecular formula is C15H17BrN2O4S. The van der Waals surface area contributed by atoms with Gasteiger partial charge in [-0.15, -0.1) is 0 Å². The summed E-state index contributed by atoms with van der Waals surface area (Å²) in [6.45, 7) is 1.72. The summed E-state index contributed by atoms with van der Waals surface area (Å²) in [5.41, 5.74) is 0.940. The van der Waals surface area contributed by atoms with Crippen LogP contribution in [0.4, 0.5) is 0 Å². The standard InChI is InChI=1S/C15H17BrN2O4S/c16-13-3-1-12(2-4-13)15-6-5-14(22-15)11-17-23(19,20)18-7-9-21-10-8-18/h1-6,17H,7-11H2. The Balaban J connectivity index is 1.64. The summed E-state index contributed by atoms with van der Waals surface area (Å²) in [6, 6.07) is 11.3. The van der Waals surface area contributed by atoms with Crippen LogP contribution in [0.5, 0.6) is 0 Å². The van der Waals surface area contributed by atoms with Crippen molar-refractivity contribution < 1.29 is 17.6 Å². The molecule has 3 rings (SSSR count). The number of nitrogens with one attached hydrogen (secondary N) is 1. The minimum atomic E-state index is -3.51.